The minimum Gasteiger partial charge on any atom is -0.488 e. The predicted octanol–water partition coefficient (Wildman–Crippen LogP) is 6.99. The zero-order valence-electron chi connectivity index (χ0n) is 18.3. The largest absolute Gasteiger partial charge is 0.488 e. The lowest BCUT2D eigenvalue weighted by atomic mass is 10.2. The highest BCUT2D eigenvalue weighted by molar-refractivity contribution is 14.1. The van der Waals surface area contributed by atoms with Gasteiger partial charge in [0.15, 0.2) is 0 Å². The summed E-state index contributed by atoms with van der Waals surface area (Å²) in [6.07, 6.45) is 1.58. The number of nitrogens with one attached hydrogen (secondary N) is 1. The van der Waals surface area contributed by atoms with Crippen molar-refractivity contribution >= 4 is 86.4 Å². The van der Waals surface area contributed by atoms with Gasteiger partial charge < -0.3 is 10.1 Å². The van der Waals surface area contributed by atoms with Gasteiger partial charge in [-0.15, -0.1) is 0 Å². The number of halogens is 4. The maximum Gasteiger partial charge on any atom is 0.294 e. The van der Waals surface area contributed by atoms with E-state index in [1.165, 1.54) is 18.2 Å². The van der Waals surface area contributed by atoms with E-state index in [1.807, 2.05) is 6.07 Å². The van der Waals surface area contributed by atoms with Crippen LogP contribution in [-0.2, 0) is 16.2 Å². The van der Waals surface area contributed by atoms with Gasteiger partial charge in [0.1, 0.15) is 24.7 Å². The Hall–Kier alpha value is -2.60. The van der Waals surface area contributed by atoms with E-state index in [4.69, 9.17) is 27.9 Å². The molecule has 4 rings (SSSR count). The molecule has 3 aromatic carbocycles. The van der Waals surface area contributed by atoms with E-state index in [1.54, 1.807) is 36.4 Å². The fourth-order valence-electron chi connectivity index (χ4n) is 3.22. The Kier molecular flexibility index (Phi) is 8.55. The molecular weight excluding hydrogens is 641 g/mol. The maximum absolute atomic E-state index is 13.3. The van der Waals surface area contributed by atoms with Crippen LogP contribution in [0, 0.1) is 9.39 Å². The Morgan fingerprint density at radius 2 is 1.92 bits per heavy atom. The molecule has 1 fully saturated rings. The molecule has 0 aliphatic carbocycles. The van der Waals surface area contributed by atoms with E-state index in [0.717, 1.165) is 31.9 Å². The van der Waals surface area contributed by atoms with Gasteiger partial charge in [0.05, 0.1) is 8.48 Å². The van der Waals surface area contributed by atoms with Gasteiger partial charge in [0.25, 0.3) is 11.1 Å². The first-order valence-electron chi connectivity index (χ1n) is 10.4. The van der Waals surface area contributed by atoms with Crippen molar-refractivity contribution in [2.45, 2.75) is 6.61 Å². The molecule has 0 saturated carbocycles. The number of rotatable bonds is 7. The molecule has 1 aliphatic rings. The zero-order valence-corrected chi connectivity index (χ0v) is 22.8. The number of amides is 3. The number of carbonyl (C=O) groups is 3. The minimum atomic E-state index is -0.610. The smallest absolute Gasteiger partial charge is 0.294 e. The second kappa shape index (κ2) is 11.6. The van der Waals surface area contributed by atoms with Gasteiger partial charge in [-0.05, 0) is 88.5 Å². The van der Waals surface area contributed by atoms with E-state index >= 15 is 0 Å². The number of thioether (sulfide) groups is 1. The molecule has 1 heterocycles. The summed E-state index contributed by atoms with van der Waals surface area (Å²) < 4.78 is 20.0. The van der Waals surface area contributed by atoms with Gasteiger partial charge in [-0.25, -0.2) is 4.39 Å². The van der Waals surface area contributed by atoms with E-state index in [-0.39, 0.29) is 17.2 Å². The highest BCUT2D eigenvalue weighted by atomic mass is 127. The quantitative estimate of drug-likeness (QED) is 0.219. The van der Waals surface area contributed by atoms with Crippen LogP contribution in [0.15, 0.2) is 65.6 Å². The Bertz CT molecular complexity index is 1400. The van der Waals surface area contributed by atoms with Crippen molar-refractivity contribution in [2.24, 2.45) is 0 Å². The standard InChI is InChI=1S/C25H16Cl2FIN2O4S/c26-16-6-5-15(19(27)10-16)13-35-21-7-4-14(8-20(21)29)9-22-24(33)31(25(34)36-22)12-23(32)30-18-3-1-2-17(28)11-18/h1-11H,12-13H2,(H,30,32)/b22-9+. The van der Waals surface area contributed by atoms with Crippen LogP contribution in [-0.4, -0.2) is 28.5 Å². The lowest BCUT2D eigenvalue weighted by molar-refractivity contribution is -0.127. The second-order valence-electron chi connectivity index (χ2n) is 7.54. The van der Waals surface area contributed by atoms with Crippen molar-refractivity contribution in [1.29, 1.82) is 0 Å². The highest BCUT2D eigenvalue weighted by Gasteiger charge is 2.36. The van der Waals surface area contributed by atoms with Crippen molar-refractivity contribution in [3.63, 3.8) is 0 Å². The maximum atomic E-state index is 13.3. The van der Waals surface area contributed by atoms with Crippen LogP contribution in [0.4, 0.5) is 14.9 Å². The summed E-state index contributed by atoms with van der Waals surface area (Å²) in [5.74, 6) is -1.07. The fourth-order valence-corrected chi connectivity index (χ4v) is 5.21. The normalized spacial score (nSPS) is 14.4. The van der Waals surface area contributed by atoms with Gasteiger partial charge in [0, 0.05) is 21.3 Å². The molecule has 1 N–H and O–H groups in total. The highest BCUT2D eigenvalue weighted by Crippen LogP contribution is 2.33. The van der Waals surface area contributed by atoms with Gasteiger partial charge in [0.2, 0.25) is 5.91 Å². The molecule has 0 bridgehead atoms. The third-order valence-electron chi connectivity index (χ3n) is 4.94. The van der Waals surface area contributed by atoms with Gasteiger partial charge >= 0.3 is 0 Å². The molecule has 0 aromatic heterocycles. The number of carbonyl (C=O) groups excluding carboxylic acids is 3. The fraction of sp³-hybridized carbons (Fsp3) is 0.0800. The third kappa shape index (κ3) is 6.58. The van der Waals surface area contributed by atoms with Crippen molar-refractivity contribution in [1.82, 2.24) is 4.90 Å². The van der Waals surface area contributed by atoms with E-state index in [2.05, 4.69) is 27.9 Å². The van der Waals surface area contributed by atoms with Crippen molar-refractivity contribution in [3.8, 4) is 5.75 Å². The molecule has 0 unspecified atom stereocenters. The summed E-state index contributed by atoms with van der Waals surface area (Å²) in [6.45, 7) is -0.224. The molecular formula is C25H16Cl2FIN2O4S. The van der Waals surface area contributed by atoms with Crippen LogP contribution in [0.1, 0.15) is 11.1 Å². The number of benzene rings is 3. The summed E-state index contributed by atoms with van der Waals surface area (Å²) in [4.78, 5) is 38.4. The second-order valence-corrected chi connectivity index (χ2v) is 10.5. The summed E-state index contributed by atoms with van der Waals surface area (Å²) in [5, 5.41) is 2.97. The van der Waals surface area contributed by atoms with Gasteiger partial charge in [-0.2, -0.15) is 0 Å². The van der Waals surface area contributed by atoms with Gasteiger partial charge in [-0.1, -0.05) is 41.4 Å². The number of hydrogen-bond donors (Lipinski definition) is 1. The zero-order chi connectivity index (χ0) is 25.8. The third-order valence-corrected chi connectivity index (χ3v) is 7.27. The number of anilines is 1. The molecule has 0 atom stereocenters. The number of imide groups is 1. The van der Waals surface area contributed by atoms with Crippen LogP contribution < -0.4 is 10.1 Å². The summed E-state index contributed by atoms with van der Waals surface area (Å²) in [6, 6.07) is 15.8. The lowest BCUT2D eigenvalue weighted by Crippen LogP contribution is -2.36. The molecule has 1 aliphatic heterocycles. The molecule has 6 nitrogen and oxygen atoms in total. The van der Waals surface area contributed by atoms with Crippen LogP contribution in [0.2, 0.25) is 10.0 Å². The first-order valence-corrected chi connectivity index (χ1v) is 13.0. The van der Waals surface area contributed by atoms with Crippen molar-refractivity contribution in [3.05, 3.63) is 96.1 Å². The van der Waals surface area contributed by atoms with E-state index in [9.17, 15) is 18.8 Å². The Balaban J connectivity index is 1.40. The van der Waals surface area contributed by atoms with Crippen LogP contribution in [0.5, 0.6) is 5.75 Å². The molecule has 36 heavy (non-hydrogen) atoms. The number of nitrogens with zero attached hydrogens (tertiary/aromatic N) is 1. The topological polar surface area (TPSA) is 75.7 Å². The average Bonchev–Trinajstić information content (AvgIpc) is 3.07. The Morgan fingerprint density at radius 3 is 2.64 bits per heavy atom. The minimum absolute atomic E-state index is 0.191. The predicted molar refractivity (Wildman–Crippen MR) is 148 cm³/mol. The molecule has 1 saturated heterocycles. The molecule has 184 valence electrons. The molecule has 0 radical (unpaired) electrons. The Morgan fingerprint density at radius 1 is 1.11 bits per heavy atom. The molecule has 3 aromatic rings. The van der Waals surface area contributed by atoms with E-state index < -0.39 is 29.4 Å². The monoisotopic (exact) mass is 656 g/mol. The molecule has 0 spiro atoms. The molecule has 3 amide bonds. The number of ether oxygens (including phenoxy) is 1. The summed E-state index contributed by atoms with van der Waals surface area (Å²) >= 11 is 15.0. The van der Waals surface area contributed by atoms with Crippen LogP contribution in [0.3, 0.4) is 0 Å². The van der Waals surface area contributed by atoms with Gasteiger partial charge in [-0.3, -0.25) is 19.3 Å². The van der Waals surface area contributed by atoms with Crippen LogP contribution in [0.25, 0.3) is 6.08 Å². The lowest BCUT2D eigenvalue weighted by Gasteiger charge is -2.12. The first kappa shape index (κ1) is 26.5. The summed E-state index contributed by atoms with van der Waals surface area (Å²) in [7, 11) is 0. The van der Waals surface area contributed by atoms with Crippen molar-refractivity contribution in [2.75, 3.05) is 11.9 Å². The average molecular weight is 657 g/mol. The van der Waals surface area contributed by atoms with E-state index in [0.29, 0.717) is 21.4 Å². The van der Waals surface area contributed by atoms with Crippen molar-refractivity contribution < 1.29 is 23.5 Å². The molecule has 11 heteroatoms. The first-order chi connectivity index (χ1) is 17.2. The Labute approximate surface area is 233 Å². The summed E-state index contributed by atoms with van der Waals surface area (Å²) in [5.41, 5.74) is 1.71. The SMILES string of the molecule is O=C(CN1C(=O)S/C(=C/c2ccc(OCc3ccc(Cl)cc3Cl)c(I)c2)C1=O)Nc1cccc(F)c1. The van der Waals surface area contributed by atoms with Crippen LogP contribution >= 0.6 is 57.6 Å². The number of hydrogen-bond acceptors (Lipinski definition) is 5.